The molecule has 2 N–H and O–H groups in total. The van der Waals surface area contributed by atoms with Crippen LogP contribution in [0.3, 0.4) is 0 Å². The number of ether oxygens (including phenoxy) is 2. The third-order valence-corrected chi connectivity index (χ3v) is 7.16. The van der Waals surface area contributed by atoms with Gasteiger partial charge in [0, 0.05) is 35.6 Å². The number of carbonyl (C=O) groups excluding carboxylic acids is 1. The molecule has 0 bridgehead atoms. The van der Waals surface area contributed by atoms with E-state index in [2.05, 4.69) is 24.9 Å². The van der Waals surface area contributed by atoms with Crippen LogP contribution >= 0.6 is 0 Å². The normalized spacial score (nSPS) is 13.9. The fourth-order valence-corrected chi connectivity index (χ4v) is 5.21. The molecule has 0 spiro atoms. The maximum atomic E-state index is 13.7. The summed E-state index contributed by atoms with van der Waals surface area (Å²) in [7, 11) is 1.55. The van der Waals surface area contributed by atoms with Crippen LogP contribution in [-0.2, 0) is 17.8 Å². The number of methoxy groups -OCH3 is 1. The predicted molar refractivity (Wildman–Crippen MR) is 149 cm³/mol. The van der Waals surface area contributed by atoms with Crippen LogP contribution in [0, 0.1) is 12.8 Å². The Balaban J connectivity index is 1.47. The molecule has 2 aromatic carbocycles. The maximum absolute atomic E-state index is 13.7. The Kier molecular flexibility index (Phi) is 7.37. The van der Waals surface area contributed by atoms with Crippen LogP contribution < -0.4 is 14.9 Å². The topological polar surface area (TPSA) is 105 Å². The van der Waals surface area contributed by atoms with Crippen molar-refractivity contribution in [1.29, 1.82) is 0 Å². The van der Waals surface area contributed by atoms with Gasteiger partial charge in [-0.2, -0.15) is 0 Å². The minimum atomic E-state index is -0.706. The Labute approximate surface area is 227 Å². The Morgan fingerprint density at radius 2 is 1.95 bits per heavy atom. The number of aromatic amines is 1. The second-order valence-corrected chi connectivity index (χ2v) is 10.5. The van der Waals surface area contributed by atoms with Crippen molar-refractivity contribution in [3.05, 3.63) is 87.1 Å². The number of hydrogen-bond acceptors (Lipinski definition) is 6. The van der Waals surface area contributed by atoms with Crippen LogP contribution in [0.4, 0.5) is 0 Å². The number of benzene rings is 2. The van der Waals surface area contributed by atoms with Gasteiger partial charge >= 0.3 is 0 Å². The lowest BCUT2D eigenvalue weighted by molar-refractivity contribution is -0.132. The number of amides is 1. The number of nitrogens with zero attached hydrogens (tertiary/aromatic N) is 1. The van der Waals surface area contributed by atoms with Gasteiger partial charge < -0.3 is 28.9 Å². The molecular weight excluding hydrogens is 496 g/mol. The van der Waals surface area contributed by atoms with Gasteiger partial charge in [0.15, 0.2) is 17.3 Å². The summed E-state index contributed by atoms with van der Waals surface area (Å²) in [5, 5.41) is 11.9. The Bertz CT molecular complexity index is 1570. The summed E-state index contributed by atoms with van der Waals surface area (Å²) in [5.74, 6) is 0.534. The van der Waals surface area contributed by atoms with Crippen molar-refractivity contribution in [2.75, 3.05) is 20.3 Å². The quantitative estimate of drug-likeness (QED) is 0.321. The van der Waals surface area contributed by atoms with Crippen LogP contribution in [-0.4, -0.2) is 41.2 Å². The molecule has 8 heteroatoms. The van der Waals surface area contributed by atoms with Gasteiger partial charge in [0.25, 0.3) is 0 Å². The van der Waals surface area contributed by atoms with Crippen molar-refractivity contribution in [2.24, 2.45) is 5.92 Å². The Morgan fingerprint density at radius 3 is 2.72 bits per heavy atom. The van der Waals surface area contributed by atoms with Crippen molar-refractivity contribution in [1.82, 2.24) is 9.88 Å². The number of hydrogen-bond donors (Lipinski definition) is 2. The monoisotopic (exact) mass is 530 g/mol. The SMILES string of the molecule is COc1cc(C(CC(=O)N2CCc3c([nH]c4ccccc34)C2)c2oc(C)cc(=O)c2O)ccc1OCC(C)C. The highest BCUT2D eigenvalue weighted by Gasteiger charge is 2.31. The van der Waals surface area contributed by atoms with Crippen molar-refractivity contribution in [2.45, 2.75) is 46.1 Å². The maximum Gasteiger partial charge on any atom is 0.227 e. The number of aryl methyl sites for hydroxylation is 1. The van der Waals surface area contributed by atoms with Gasteiger partial charge in [-0.25, -0.2) is 0 Å². The van der Waals surface area contributed by atoms with Gasteiger partial charge in [-0.3, -0.25) is 9.59 Å². The van der Waals surface area contributed by atoms with E-state index >= 15 is 0 Å². The second-order valence-electron chi connectivity index (χ2n) is 10.5. The van der Waals surface area contributed by atoms with Crippen molar-refractivity contribution >= 4 is 16.8 Å². The lowest BCUT2D eigenvalue weighted by Crippen LogP contribution is -2.36. The van der Waals surface area contributed by atoms with E-state index in [-0.39, 0.29) is 18.1 Å². The lowest BCUT2D eigenvalue weighted by Gasteiger charge is -2.29. The number of para-hydroxylation sites is 1. The molecule has 0 aliphatic carbocycles. The molecule has 1 unspecified atom stereocenters. The minimum Gasteiger partial charge on any atom is -0.502 e. The fraction of sp³-hybridized carbons (Fsp3) is 0.355. The van der Waals surface area contributed by atoms with Crippen LogP contribution in [0.15, 0.2) is 57.7 Å². The molecule has 3 heterocycles. The van der Waals surface area contributed by atoms with Crippen LogP contribution in [0.1, 0.15) is 54.5 Å². The molecule has 1 atom stereocenters. The molecule has 0 fully saturated rings. The number of rotatable bonds is 8. The number of H-pyrrole nitrogens is 1. The first kappa shape index (κ1) is 26.4. The van der Waals surface area contributed by atoms with E-state index in [4.69, 9.17) is 13.9 Å². The molecule has 0 saturated carbocycles. The van der Waals surface area contributed by atoms with Gasteiger partial charge in [0.2, 0.25) is 17.1 Å². The first-order valence-corrected chi connectivity index (χ1v) is 13.3. The summed E-state index contributed by atoms with van der Waals surface area (Å²) in [4.78, 5) is 31.5. The smallest absolute Gasteiger partial charge is 0.227 e. The van der Waals surface area contributed by atoms with Crippen molar-refractivity contribution in [3.8, 4) is 17.2 Å². The van der Waals surface area contributed by atoms with Crippen molar-refractivity contribution in [3.63, 3.8) is 0 Å². The summed E-state index contributed by atoms with van der Waals surface area (Å²) in [6.45, 7) is 7.33. The van der Waals surface area contributed by atoms with Crippen LogP contribution in [0.25, 0.3) is 10.9 Å². The van der Waals surface area contributed by atoms with E-state index in [0.717, 1.165) is 17.6 Å². The summed E-state index contributed by atoms with van der Waals surface area (Å²) < 4.78 is 17.4. The Morgan fingerprint density at radius 1 is 1.15 bits per heavy atom. The van der Waals surface area contributed by atoms with Gasteiger partial charge in [0.1, 0.15) is 5.76 Å². The average Bonchev–Trinajstić information content (AvgIpc) is 3.30. The molecule has 5 rings (SSSR count). The van der Waals surface area contributed by atoms with Gasteiger partial charge in [-0.05, 0) is 48.6 Å². The van der Waals surface area contributed by atoms with Gasteiger partial charge in [-0.15, -0.1) is 0 Å². The predicted octanol–water partition coefficient (Wildman–Crippen LogP) is 5.29. The number of fused-ring (bicyclic) bond motifs is 3. The summed E-state index contributed by atoms with van der Waals surface area (Å²) in [5.41, 5.74) is 3.47. The van der Waals surface area contributed by atoms with Crippen LogP contribution in [0.2, 0.25) is 0 Å². The standard InChI is InChI=1S/C31H34N2O6/c1-18(2)17-38-27-10-9-20(14-28(27)37-4)23(31-30(36)26(34)13-19(3)39-31)15-29(35)33-12-11-22-21-7-5-6-8-24(21)32-25(22)16-33/h5-10,13-14,18,23,32,36H,11-12,15-17H2,1-4H3. The highest BCUT2D eigenvalue weighted by atomic mass is 16.5. The molecular formula is C31H34N2O6. The Hall–Kier alpha value is -4.20. The molecule has 4 aromatic rings. The third kappa shape index (κ3) is 5.37. The summed E-state index contributed by atoms with van der Waals surface area (Å²) in [6.07, 6.45) is 0.751. The van der Waals surface area contributed by atoms with Gasteiger partial charge in [-0.1, -0.05) is 38.1 Å². The van der Waals surface area contributed by atoms with Crippen molar-refractivity contribution < 1.29 is 23.8 Å². The minimum absolute atomic E-state index is 0.00483. The zero-order valence-electron chi connectivity index (χ0n) is 22.7. The molecule has 8 nitrogen and oxygen atoms in total. The zero-order valence-corrected chi connectivity index (χ0v) is 22.7. The molecule has 1 aliphatic heterocycles. The fourth-order valence-electron chi connectivity index (χ4n) is 5.21. The number of aromatic hydroxyl groups is 1. The van der Waals surface area contributed by atoms with E-state index in [1.165, 1.54) is 17.0 Å². The van der Waals surface area contributed by atoms with E-state index in [1.807, 2.05) is 29.2 Å². The zero-order chi connectivity index (χ0) is 27.7. The van der Waals surface area contributed by atoms with E-state index < -0.39 is 17.1 Å². The molecule has 2 aromatic heterocycles. The van der Waals surface area contributed by atoms with E-state index in [9.17, 15) is 14.7 Å². The lowest BCUT2D eigenvalue weighted by atomic mass is 9.90. The molecule has 1 amide bonds. The first-order chi connectivity index (χ1) is 18.7. The molecule has 1 aliphatic rings. The highest BCUT2D eigenvalue weighted by molar-refractivity contribution is 5.86. The second kappa shape index (κ2) is 10.9. The van der Waals surface area contributed by atoms with Gasteiger partial charge in [0.05, 0.1) is 26.2 Å². The molecule has 0 radical (unpaired) electrons. The average molecular weight is 531 g/mol. The van der Waals surface area contributed by atoms with Crippen LogP contribution in [0.5, 0.6) is 17.2 Å². The molecule has 204 valence electrons. The van der Waals surface area contributed by atoms with E-state index in [1.54, 1.807) is 26.2 Å². The number of carbonyl (C=O) groups is 1. The highest BCUT2D eigenvalue weighted by Crippen LogP contribution is 2.38. The number of nitrogens with one attached hydrogen (secondary N) is 1. The van der Waals surface area contributed by atoms with E-state index in [0.29, 0.717) is 48.4 Å². The largest absolute Gasteiger partial charge is 0.502 e. The molecule has 39 heavy (non-hydrogen) atoms. The summed E-state index contributed by atoms with van der Waals surface area (Å²) in [6, 6.07) is 14.8. The third-order valence-electron chi connectivity index (χ3n) is 7.16. The summed E-state index contributed by atoms with van der Waals surface area (Å²) >= 11 is 0. The first-order valence-electron chi connectivity index (χ1n) is 13.3. The number of aromatic nitrogens is 1. The molecule has 0 saturated heterocycles.